The molecule has 3 aromatic rings. The predicted molar refractivity (Wildman–Crippen MR) is 105 cm³/mol. The summed E-state index contributed by atoms with van der Waals surface area (Å²) in [6.45, 7) is 5.99. The molecule has 0 bridgehead atoms. The van der Waals surface area contributed by atoms with Crippen molar-refractivity contribution in [2.75, 3.05) is 10.6 Å². The molecule has 1 heterocycles. The van der Waals surface area contributed by atoms with E-state index < -0.39 is 0 Å². The number of hydrogen-bond acceptors (Lipinski definition) is 4. The first-order valence-corrected chi connectivity index (χ1v) is 9.05. The molecule has 0 aliphatic rings. The number of halogens is 1. The van der Waals surface area contributed by atoms with Crippen molar-refractivity contribution in [3.8, 4) is 0 Å². The van der Waals surface area contributed by atoms with Gasteiger partial charge in [0.05, 0.1) is 10.7 Å². The number of amides is 1. The Bertz CT molecular complexity index is 896. The summed E-state index contributed by atoms with van der Waals surface area (Å²) in [5.74, 6) is -0.277. The molecule has 0 unspecified atom stereocenters. The first kappa shape index (κ1) is 17.5. The number of carbonyl (C=O) groups excluding carboxylic acids is 1. The molecule has 4 nitrogen and oxygen atoms in total. The Morgan fingerprint density at radius 3 is 2.52 bits per heavy atom. The molecule has 0 spiro atoms. The number of benzene rings is 2. The lowest BCUT2D eigenvalue weighted by Gasteiger charge is -2.09. The fourth-order valence-corrected chi connectivity index (χ4v) is 3.55. The van der Waals surface area contributed by atoms with Crippen LogP contribution in [0.2, 0.25) is 5.02 Å². The molecule has 0 atom stereocenters. The van der Waals surface area contributed by atoms with Gasteiger partial charge in [0.25, 0.3) is 5.91 Å². The molecular formula is C19H18ClN3OS. The zero-order chi connectivity index (χ0) is 18.0. The van der Waals surface area contributed by atoms with Crippen molar-refractivity contribution >= 4 is 45.4 Å². The van der Waals surface area contributed by atoms with Gasteiger partial charge in [0.15, 0.2) is 5.13 Å². The molecule has 0 saturated carbocycles. The average Bonchev–Trinajstić information content (AvgIpc) is 2.98. The molecule has 0 saturated heterocycles. The van der Waals surface area contributed by atoms with E-state index in [1.54, 1.807) is 11.4 Å². The minimum Gasteiger partial charge on any atom is -0.332 e. The number of thiazole rings is 1. The van der Waals surface area contributed by atoms with Crippen molar-refractivity contribution in [1.29, 1.82) is 0 Å². The minimum absolute atomic E-state index is 0.277. The van der Waals surface area contributed by atoms with Gasteiger partial charge in [0, 0.05) is 11.1 Å². The van der Waals surface area contributed by atoms with Crippen molar-refractivity contribution < 1.29 is 4.79 Å². The fraction of sp³-hybridized carbons (Fsp3) is 0.158. The van der Waals surface area contributed by atoms with E-state index in [9.17, 15) is 4.79 Å². The van der Waals surface area contributed by atoms with Crippen molar-refractivity contribution in [1.82, 2.24) is 4.98 Å². The Balaban J connectivity index is 1.75. The molecule has 0 aliphatic carbocycles. The number of aromatic nitrogens is 1. The van der Waals surface area contributed by atoms with Crippen molar-refractivity contribution in [2.24, 2.45) is 0 Å². The van der Waals surface area contributed by atoms with Gasteiger partial charge in [0.2, 0.25) is 0 Å². The Morgan fingerprint density at radius 2 is 1.84 bits per heavy atom. The average molecular weight is 372 g/mol. The van der Waals surface area contributed by atoms with Gasteiger partial charge in [-0.1, -0.05) is 29.8 Å². The Kier molecular flexibility index (Phi) is 5.06. The quantitative estimate of drug-likeness (QED) is 0.616. The number of hydrogen-bond donors (Lipinski definition) is 2. The van der Waals surface area contributed by atoms with E-state index in [4.69, 9.17) is 11.6 Å². The monoisotopic (exact) mass is 371 g/mol. The van der Waals surface area contributed by atoms with Crippen LogP contribution in [0, 0.1) is 20.8 Å². The summed E-state index contributed by atoms with van der Waals surface area (Å²) in [4.78, 5) is 16.8. The highest BCUT2D eigenvalue weighted by molar-refractivity contribution is 7.14. The Morgan fingerprint density at radius 1 is 1.12 bits per heavy atom. The number of anilines is 3. The second kappa shape index (κ2) is 7.25. The first-order valence-electron chi connectivity index (χ1n) is 7.79. The molecule has 6 heteroatoms. The summed E-state index contributed by atoms with van der Waals surface area (Å²) < 4.78 is 0. The molecule has 1 aromatic heterocycles. The summed E-state index contributed by atoms with van der Waals surface area (Å²) in [6.07, 6.45) is 0. The van der Waals surface area contributed by atoms with Gasteiger partial charge in [-0.15, -0.1) is 11.3 Å². The third-order valence-corrected chi connectivity index (χ3v) is 4.74. The summed E-state index contributed by atoms with van der Waals surface area (Å²) >= 11 is 7.55. The van der Waals surface area contributed by atoms with Gasteiger partial charge in [-0.2, -0.15) is 0 Å². The molecule has 0 fully saturated rings. The number of aryl methyl sites for hydroxylation is 3. The summed E-state index contributed by atoms with van der Waals surface area (Å²) in [7, 11) is 0. The number of para-hydroxylation sites is 1. The fourth-order valence-electron chi connectivity index (χ4n) is 2.57. The highest BCUT2D eigenvalue weighted by atomic mass is 35.5. The molecular weight excluding hydrogens is 354 g/mol. The lowest BCUT2D eigenvalue weighted by molar-refractivity contribution is 0.102. The smallest absolute Gasteiger partial charge is 0.275 e. The van der Waals surface area contributed by atoms with Gasteiger partial charge in [-0.3, -0.25) is 4.79 Å². The third-order valence-electron chi connectivity index (χ3n) is 3.67. The topological polar surface area (TPSA) is 54.0 Å². The maximum Gasteiger partial charge on any atom is 0.275 e. The minimum atomic E-state index is -0.277. The van der Waals surface area contributed by atoms with Crippen LogP contribution in [0.4, 0.5) is 16.5 Å². The third kappa shape index (κ3) is 4.18. The van der Waals surface area contributed by atoms with Crippen molar-refractivity contribution in [3.63, 3.8) is 0 Å². The van der Waals surface area contributed by atoms with Gasteiger partial charge in [-0.25, -0.2) is 4.98 Å². The predicted octanol–water partition coefficient (Wildman–Crippen LogP) is 5.72. The number of nitrogens with zero attached hydrogens (tertiary/aromatic N) is 1. The zero-order valence-electron chi connectivity index (χ0n) is 14.2. The van der Waals surface area contributed by atoms with Crippen LogP contribution in [0.1, 0.15) is 27.2 Å². The molecule has 3 rings (SSSR count). The number of nitrogens with one attached hydrogen (secondary N) is 2. The largest absolute Gasteiger partial charge is 0.332 e. The Labute approximate surface area is 155 Å². The van der Waals surface area contributed by atoms with E-state index in [0.717, 1.165) is 11.3 Å². The molecule has 2 N–H and O–H groups in total. The van der Waals surface area contributed by atoms with E-state index in [0.29, 0.717) is 21.5 Å². The van der Waals surface area contributed by atoms with Crippen molar-refractivity contribution in [3.05, 3.63) is 69.2 Å². The normalized spacial score (nSPS) is 10.6. The second-order valence-electron chi connectivity index (χ2n) is 5.93. The van der Waals surface area contributed by atoms with Crippen LogP contribution in [0.15, 0.2) is 41.8 Å². The number of carbonyl (C=O) groups is 1. The maximum atomic E-state index is 12.4. The standard InChI is InChI=1S/C19H18ClN3OS/c1-11-7-12(2)9-14(8-11)21-19-22-16(10-25-19)18(24)23-17-13(3)5-4-6-15(17)20/h4-10H,1-3H3,(H,21,22)(H,23,24). The van der Waals surface area contributed by atoms with Crippen LogP contribution in [-0.4, -0.2) is 10.9 Å². The molecule has 0 radical (unpaired) electrons. The molecule has 0 aliphatic heterocycles. The van der Waals surface area contributed by atoms with Crippen molar-refractivity contribution in [2.45, 2.75) is 20.8 Å². The first-order chi connectivity index (χ1) is 11.9. The van der Waals surface area contributed by atoms with Gasteiger partial charge < -0.3 is 10.6 Å². The molecule has 128 valence electrons. The van der Waals surface area contributed by atoms with Crippen LogP contribution in [0.5, 0.6) is 0 Å². The lowest BCUT2D eigenvalue weighted by atomic mass is 10.1. The van der Waals surface area contributed by atoms with Crippen LogP contribution < -0.4 is 10.6 Å². The van der Waals surface area contributed by atoms with E-state index in [1.807, 2.05) is 45.0 Å². The second-order valence-corrected chi connectivity index (χ2v) is 7.19. The molecule has 2 aromatic carbocycles. The van der Waals surface area contributed by atoms with Gasteiger partial charge >= 0.3 is 0 Å². The number of rotatable bonds is 4. The van der Waals surface area contributed by atoms with E-state index in [1.165, 1.54) is 22.5 Å². The SMILES string of the molecule is Cc1cc(C)cc(Nc2nc(C(=O)Nc3c(C)cccc3Cl)cs2)c1. The summed E-state index contributed by atoms with van der Waals surface area (Å²) in [6, 6.07) is 11.7. The molecule has 25 heavy (non-hydrogen) atoms. The van der Waals surface area contributed by atoms with E-state index in [-0.39, 0.29) is 5.91 Å². The lowest BCUT2D eigenvalue weighted by Crippen LogP contribution is -2.13. The van der Waals surface area contributed by atoms with Crippen LogP contribution in [0.25, 0.3) is 0 Å². The highest BCUT2D eigenvalue weighted by Crippen LogP contribution is 2.27. The van der Waals surface area contributed by atoms with Crippen LogP contribution in [-0.2, 0) is 0 Å². The van der Waals surface area contributed by atoms with E-state index in [2.05, 4.69) is 21.7 Å². The Hall–Kier alpha value is -2.37. The maximum absolute atomic E-state index is 12.4. The summed E-state index contributed by atoms with van der Waals surface area (Å²) in [5.41, 5.74) is 5.19. The zero-order valence-corrected chi connectivity index (χ0v) is 15.8. The molecule has 1 amide bonds. The van der Waals surface area contributed by atoms with Gasteiger partial charge in [0.1, 0.15) is 5.69 Å². The highest BCUT2D eigenvalue weighted by Gasteiger charge is 2.14. The van der Waals surface area contributed by atoms with Crippen LogP contribution in [0.3, 0.4) is 0 Å². The van der Waals surface area contributed by atoms with Gasteiger partial charge in [-0.05, 0) is 55.7 Å². The van der Waals surface area contributed by atoms with Crippen LogP contribution >= 0.6 is 22.9 Å². The van der Waals surface area contributed by atoms with E-state index >= 15 is 0 Å². The summed E-state index contributed by atoms with van der Waals surface area (Å²) in [5, 5.41) is 9.00.